The van der Waals surface area contributed by atoms with E-state index in [2.05, 4.69) is 17.1 Å². The van der Waals surface area contributed by atoms with Gasteiger partial charge in [-0.2, -0.15) is 0 Å². The van der Waals surface area contributed by atoms with Gasteiger partial charge in [-0.05, 0) is 24.7 Å². The molecule has 1 heterocycles. The lowest BCUT2D eigenvalue weighted by Crippen LogP contribution is -2.48. The Labute approximate surface area is 94.4 Å². The summed E-state index contributed by atoms with van der Waals surface area (Å²) in [6, 6.07) is 0. The van der Waals surface area contributed by atoms with Crippen LogP contribution < -0.4 is 5.32 Å². The van der Waals surface area contributed by atoms with Gasteiger partial charge in [0, 0.05) is 32.7 Å². The Morgan fingerprint density at radius 2 is 1.73 bits per heavy atom. The van der Waals surface area contributed by atoms with Gasteiger partial charge in [0.05, 0.1) is 0 Å². The fourth-order valence-electron chi connectivity index (χ4n) is 3.27. The van der Waals surface area contributed by atoms with Crippen LogP contribution in [0.15, 0.2) is 0 Å². The first-order chi connectivity index (χ1) is 7.35. The number of rotatable bonds is 3. The van der Waals surface area contributed by atoms with Gasteiger partial charge in [0.25, 0.3) is 0 Å². The predicted molar refractivity (Wildman–Crippen MR) is 65.1 cm³/mol. The zero-order valence-corrected chi connectivity index (χ0v) is 10.2. The molecule has 88 valence electrons. The van der Waals surface area contributed by atoms with E-state index in [-0.39, 0.29) is 0 Å². The number of nitrogens with one attached hydrogen (secondary N) is 1. The summed E-state index contributed by atoms with van der Waals surface area (Å²) in [6.45, 7) is 8.68. The molecule has 0 aromatic rings. The minimum Gasteiger partial charge on any atom is -0.314 e. The second kappa shape index (κ2) is 5.31. The van der Waals surface area contributed by atoms with Crippen molar-refractivity contribution in [3.8, 4) is 0 Å². The number of piperazine rings is 1. The summed E-state index contributed by atoms with van der Waals surface area (Å²) in [5.41, 5.74) is 0.676. The zero-order valence-electron chi connectivity index (χ0n) is 10.2. The molecule has 1 aliphatic heterocycles. The van der Waals surface area contributed by atoms with Crippen molar-refractivity contribution in [2.45, 2.75) is 45.4 Å². The maximum Gasteiger partial charge on any atom is 0.0108 e. The second-order valence-corrected chi connectivity index (χ2v) is 5.44. The Hall–Kier alpha value is -0.0800. The van der Waals surface area contributed by atoms with Gasteiger partial charge in [0.1, 0.15) is 0 Å². The Morgan fingerprint density at radius 3 is 2.33 bits per heavy atom. The summed E-state index contributed by atoms with van der Waals surface area (Å²) in [4.78, 5) is 2.69. The maximum atomic E-state index is 3.44. The summed E-state index contributed by atoms with van der Waals surface area (Å²) in [5.74, 6) is 0. The molecule has 2 heteroatoms. The van der Waals surface area contributed by atoms with E-state index in [9.17, 15) is 0 Å². The van der Waals surface area contributed by atoms with Crippen LogP contribution in [0.3, 0.4) is 0 Å². The molecule has 1 saturated heterocycles. The van der Waals surface area contributed by atoms with E-state index >= 15 is 0 Å². The third-order valence-corrected chi connectivity index (χ3v) is 4.43. The fourth-order valence-corrected chi connectivity index (χ4v) is 3.27. The largest absolute Gasteiger partial charge is 0.314 e. The minimum absolute atomic E-state index is 0.676. The molecule has 1 aliphatic carbocycles. The topological polar surface area (TPSA) is 15.3 Å². The summed E-state index contributed by atoms with van der Waals surface area (Å²) >= 11 is 0. The van der Waals surface area contributed by atoms with Crippen LogP contribution in [-0.4, -0.2) is 37.6 Å². The van der Waals surface area contributed by atoms with Crippen LogP contribution in [0.25, 0.3) is 0 Å². The Kier molecular flexibility index (Phi) is 4.04. The third-order valence-electron chi connectivity index (χ3n) is 4.43. The molecule has 0 aromatic carbocycles. The van der Waals surface area contributed by atoms with Crippen LogP contribution in [0, 0.1) is 5.41 Å². The van der Waals surface area contributed by atoms with Crippen LogP contribution in [0.2, 0.25) is 0 Å². The highest BCUT2D eigenvalue weighted by Gasteiger charge is 2.32. The van der Waals surface area contributed by atoms with Crippen LogP contribution in [-0.2, 0) is 0 Å². The Bertz CT molecular complexity index is 179. The SMILES string of the molecule is CCC1(CN2CCNCC2)CCCCC1. The quantitative estimate of drug-likeness (QED) is 0.768. The molecule has 2 fully saturated rings. The fraction of sp³-hybridized carbons (Fsp3) is 1.00. The van der Waals surface area contributed by atoms with Crippen molar-refractivity contribution in [3.63, 3.8) is 0 Å². The molecule has 2 aliphatic rings. The Balaban J connectivity index is 1.87. The molecule has 2 rings (SSSR count). The van der Waals surface area contributed by atoms with E-state index in [4.69, 9.17) is 0 Å². The average Bonchev–Trinajstić information content (AvgIpc) is 2.32. The summed E-state index contributed by atoms with van der Waals surface area (Å²) in [5, 5.41) is 3.44. The maximum absolute atomic E-state index is 3.44. The van der Waals surface area contributed by atoms with Crippen LogP contribution in [0.1, 0.15) is 45.4 Å². The molecule has 1 saturated carbocycles. The smallest absolute Gasteiger partial charge is 0.0108 e. The minimum atomic E-state index is 0.676. The van der Waals surface area contributed by atoms with Crippen molar-refractivity contribution in [1.82, 2.24) is 10.2 Å². The van der Waals surface area contributed by atoms with Crippen LogP contribution >= 0.6 is 0 Å². The molecular formula is C13H26N2. The Morgan fingerprint density at radius 1 is 1.07 bits per heavy atom. The van der Waals surface area contributed by atoms with E-state index < -0.39 is 0 Å². The second-order valence-electron chi connectivity index (χ2n) is 5.44. The van der Waals surface area contributed by atoms with Crippen molar-refractivity contribution >= 4 is 0 Å². The zero-order chi connectivity index (χ0) is 10.6. The molecule has 0 unspecified atom stereocenters. The van der Waals surface area contributed by atoms with Crippen LogP contribution in [0.4, 0.5) is 0 Å². The predicted octanol–water partition coefficient (Wildman–Crippen LogP) is 2.25. The standard InChI is InChI=1S/C13H26N2/c1-2-13(6-4-3-5-7-13)12-15-10-8-14-9-11-15/h14H,2-12H2,1H3. The molecule has 15 heavy (non-hydrogen) atoms. The highest BCUT2D eigenvalue weighted by molar-refractivity contribution is 4.86. The molecule has 0 aromatic heterocycles. The van der Waals surface area contributed by atoms with Gasteiger partial charge < -0.3 is 10.2 Å². The number of hydrogen-bond acceptors (Lipinski definition) is 2. The first-order valence-electron chi connectivity index (χ1n) is 6.78. The number of hydrogen-bond donors (Lipinski definition) is 1. The van der Waals surface area contributed by atoms with E-state index in [1.54, 1.807) is 0 Å². The summed E-state index contributed by atoms with van der Waals surface area (Å²) < 4.78 is 0. The van der Waals surface area contributed by atoms with E-state index in [1.807, 2.05) is 0 Å². The highest BCUT2D eigenvalue weighted by atomic mass is 15.2. The summed E-state index contributed by atoms with van der Waals surface area (Å²) in [6.07, 6.45) is 8.76. The monoisotopic (exact) mass is 210 g/mol. The first-order valence-corrected chi connectivity index (χ1v) is 6.78. The van der Waals surface area contributed by atoms with Crippen molar-refractivity contribution in [2.24, 2.45) is 5.41 Å². The molecule has 0 atom stereocenters. The van der Waals surface area contributed by atoms with Gasteiger partial charge in [-0.1, -0.05) is 26.2 Å². The molecule has 0 spiro atoms. The van der Waals surface area contributed by atoms with E-state index in [0.29, 0.717) is 5.41 Å². The third kappa shape index (κ3) is 2.94. The molecule has 1 N–H and O–H groups in total. The van der Waals surface area contributed by atoms with Gasteiger partial charge in [0.15, 0.2) is 0 Å². The van der Waals surface area contributed by atoms with Gasteiger partial charge >= 0.3 is 0 Å². The normalized spacial score (nSPS) is 27.8. The van der Waals surface area contributed by atoms with E-state index in [0.717, 1.165) is 0 Å². The molecule has 0 radical (unpaired) electrons. The molecule has 0 amide bonds. The molecular weight excluding hydrogens is 184 g/mol. The lowest BCUT2D eigenvalue weighted by molar-refractivity contribution is 0.0915. The lowest BCUT2D eigenvalue weighted by Gasteiger charge is -2.42. The summed E-state index contributed by atoms with van der Waals surface area (Å²) in [7, 11) is 0. The van der Waals surface area contributed by atoms with Crippen molar-refractivity contribution in [3.05, 3.63) is 0 Å². The first kappa shape index (κ1) is 11.4. The van der Waals surface area contributed by atoms with Gasteiger partial charge in [-0.25, -0.2) is 0 Å². The highest BCUT2D eigenvalue weighted by Crippen LogP contribution is 2.39. The van der Waals surface area contributed by atoms with Gasteiger partial charge in [-0.3, -0.25) is 0 Å². The lowest BCUT2D eigenvalue weighted by atomic mass is 9.72. The average molecular weight is 210 g/mol. The van der Waals surface area contributed by atoms with Crippen molar-refractivity contribution in [1.29, 1.82) is 0 Å². The van der Waals surface area contributed by atoms with Gasteiger partial charge in [-0.15, -0.1) is 0 Å². The van der Waals surface area contributed by atoms with Crippen LogP contribution in [0.5, 0.6) is 0 Å². The van der Waals surface area contributed by atoms with E-state index in [1.165, 1.54) is 71.2 Å². The van der Waals surface area contributed by atoms with Crippen molar-refractivity contribution < 1.29 is 0 Å². The molecule has 2 nitrogen and oxygen atoms in total. The van der Waals surface area contributed by atoms with Crippen molar-refractivity contribution in [2.75, 3.05) is 32.7 Å². The number of nitrogens with zero attached hydrogens (tertiary/aromatic N) is 1. The molecule has 0 bridgehead atoms. The van der Waals surface area contributed by atoms with Gasteiger partial charge in [0.2, 0.25) is 0 Å².